The summed E-state index contributed by atoms with van der Waals surface area (Å²) < 4.78 is 5.93. The Balaban J connectivity index is 1.42. The van der Waals surface area contributed by atoms with E-state index in [1.807, 2.05) is 23.1 Å². The second-order valence-electron chi connectivity index (χ2n) is 9.20. The van der Waals surface area contributed by atoms with Crippen LogP contribution in [0.15, 0.2) is 59.0 Å². The number of carbonyl (C=O) groups is 1. The fourth-order valence-corrected chi connectivity index (χ4v) is 4.58. The highest BCUT2D eigenvalue weighted by molar-refractivity contribution is 6.34. The molecule has 4 aromatic rings. The molecule has 1 aromatic heterocycles. The first-order chi connectivity index (χ1) is 17.3. The molecule has 3 aromatic carbocycles. The number of hydrogen-bond donors (Lipinski definition) is 1. The van der Waals surface area contributed by atoms with Crippen molar-refractivity contribution in [3.05, 3.63) is 80.9 Å². The molecule has 0 bridgehead atoms. The molecule has 8 nitrogen and oxygen atoms in total. The van der Waals surface area contributed by atoms with Crippen LogP contribution in [0.25, 0.3) is 22.6 Å². The van der Waals surface area contributed by atoms with Crippen molar-refractivity contribution in [1.29, 1.82) is 0 Å². The summed E-state index contributed by atoms with van der Waals surface area (Å²) in [6, 6.07) is 15.6. The lowest BCUT2D eigenvalue weighted by Gasteiger charge is -2.18. The fourth-order valence-electron chi connectivity index (χ4n) is 4.41. The minimum atomic E-state index is -0.496. The van der Waals surface area contributed by atoms with Gasteiger partial charge in [0.25, 0.3) is 11.6 Å². The number of hydrogen-bond acceptors (Lipinski definition) is 6. The number of fused-ring (bicyclic) bond motifs is 1. The molecule has 0 aliphatic carbocycles. The second kappa shape index (κ2) is 9.62. The van der Waals surface area contributed by atoms with Crippen molar-refractivity contribution < 1.29 is 14.1 Å². The van der Waals surface area contributed by atoms with Gasteiger partial charge in [0.1, 0.15) is 11.2 Å². The monoisotopic (exact) mass is 504 g/mol. The summed E-state index contributed by atoms with van der Waals surface area (Å²) in [4.78, 5) is 30.9. The van der Waals surface area contributed by atoms with Gasteiger partial charge in [-0.2, -0.15) is 0 Å². The van der Waals surface area contributed by atoms with Gasteiger partial charge in [0.15, 0.2) is 5.58 Å². The predicted octanol–water partition coefficient (Wildman–Crippen LogP) is 7.03. The molecule has 0 saturated carbocycles. The number of nitrogens with zero attached hydrogens (tertiary/aromatic N) is 3. The number of nitrogens with one attached hydrogen (secondary N) is 1. The van der Waals surface area contributed by atoms with E-state index in [4.69, 9.17) is 16.0 Å². The summed E-state index contributed by atoms with van der Waals surface area (Å²) in [5.41, 5.74) is 4.21. The summed E-state index contributed by atoms with van der Waals surface area (Å²) in [7, 11) is 0. The zero-order valence-corrected chi connectivity index (χ0v) is 20.7. The first kappa shape index (κ1) is 23.8. The lowest BCUT2D eigenvalue weighted by atomic mass is 10.0. The average molecular weight is 505 g/mol. The molecule has 0 radical (unpaired) electrons. The number of halogens is 1. The van der Waals surface area contributed by atoms with Gasteiger partial charge >= 0.3 is 0 Å². The predicted molar refractivity (Wildman–Crippen MR) is 141 cm³/mol. The van der Waals surface area contributed by atoms with Crippen molar-refractivity contribution in [3.63, 3.8) is 0 Å². The highest BCUT2D eigenvalue weighted by Gasteiger charge is 2.24. The molecule has 2 heterocycles. The molecule has 1 saturated heterocycles. The third kappa shape index (κ3) is 4.64. The molecule has 184 valence electrons. The summed E-state index contributed by atoms with van der Waals surface area (Å²) in [6.07, 6.45) is 1.99. The zero-order chi connectivity index (χ0) is 25.4. The van der Waals surface area contributed by atoms with Crippen molar-refractivity contribution in [2.45, 2.75) is 32.6 Å². The maximum atomic E-state index is 13.0. The van der Waals surface area contributed by atoms with Crippen LogP contribution in [0.4, 0.5) is 17.1 Å². The van der Waals surface area contributed by atoms with Gasteiger partial charge in [-0.1, -0.05) is 31.5 Å². The van der Waals surface area contributed by atoms with Crippen LogP contribution < -0.4 is 10.2 Å². The summed E-state index contributed by atoms with van der Waals surface area (Å²) in [5, 5.41) is 14.8. The molecule has 9 heteroatoms. The highest BCUT2D eigenvalue weighted by Crippen LogP contribution is 2.34. The molecule has 1 aliphatic rings. The summed E-state index contributed by atoms with van der Waals surface area (Å²) >= 11 is 6.36. The first-order valence-corrected chi connectivity index (χ1v) is 12.2. The van der Waals surface area contributed by atoms with E-state index in [1.54, 1.807) is 30.3 Å². The smallest absolute Gasteiger partial charge is 0.293 e. The van der Waals surface area contributed by atoms with Crippen LogP contribution in [0, 0.1) is 10.1 Å². The topological polar surface area (TPSA) is 102 Å². The molecular weight excluding hydrogens is 480 g/mol. The molecule has 0 spiro atoms. The van der Waals surface area contributed by atoms with E-state index in [9.17, 15) is 14.9 Å². The van der Waals surface area contributed by atoms with Crippen molar-refractivity contribution in [3.8, 4) is 11.5 Å². The van der Waals surface area contributed by atoms with Gasteiger partial charge in [0, 0.05) is 30.3 Å². The Hall–Kier alpha value is -3.91. The SMILES string of the molecule is CC(C)c1ccc2oc(-c3ccc(Cl)c(NC(=O)c4ccc(N5CCCC5)c([N+](=O)[O-])c4)c3)nc2c1. The number of oxazole rings is 1. The summed E-state index contributed by atoms with van der Waals surface area (Å²) in [5.74, 6) is 0.278. The van der Waals surface area contributed by atoms with E-state index in [1.165, 1.54) is 6.07 Å². The number of nitro groups is 1. The van der Waals surface area contributed by atoms with E-state index in [0.717, 1.165) is 37.0 Å². The quantitative estimate of drug-likeness (QED) is 0.223. The number of amides is 1. The normalized spacial score (nSPS) is 13.5. The number of carbonyl (C=O) groups excluding carboxylic acids is 1. The van der Waals surface area contributed by atoms with E-state index >= 15 is 0 Å². The lowest BCUT2D eigenvalue weighted by molar-refractivity contribution is -0.384. The standard InChI is InChI=1S/C27H25ClN4O4/c1-16(2)17-7-10-25-22(13-17)30-27(36-25)19-5-8-20(28)21(14-19)29-26(33)18-6-9-23(24(15-18)32(34)35)31-11-3-4-12-31/h5-10,13-16H,3-4,11-12H2,1-2H3,(H,29,33). The number of rotatable bonds is 6. The molecular formula is C27H25ClN4O4. The Bertz CT molecular complexity index is 1470. The molecule has 5 rings (SSSR count). The van der Waals surface area contributed by atoms with Crippen molar-refractivity contribution in [1.82, 2.24) is 4.98 Å². The van der Waals surface area contributed by atoms with Crippen LogP contribution in [0.5, 0.6) is 0 Å². The Labute approximate surface area is 213 Å². The third-order valence-electron chi connectivity index (χ3n) is 6.42. The van der Waals surface area contributed by atoms with Crippen LogP contribution in [0.1, 0.15) is 48.5 Å². The number of benzene rings is 3. The molecule has 1 amide bonds. The molecule has 1 fully saturated rings. The maximum Gasteiger partial charge on any atom is 0.293 e. The number of anilines is 2. The van der Waals surface area contributed by atoms with Crippen LogP contribution in [0.2, 0.25) is 5.02 Å². The maximum absolute atomic E-state index is 13.0. The van der Waals surface area contributed by atoms with Crippen LogP contribution in [-0.2, 0) is 0 Å². The van der Waals surface area contributed by atoms with Crippen LogP contribution in [0.3, 0.4) is 0 Å². The van der Waals surface area contributed by atoms with Gasteiger partial charge in [-0.25, -0.2) is 4.98 Å². The van der Waals surface area contributed by atoms with Gasteiger partial charge in [-0.3, -0.25) is 14.9 Å². The highest BCUT2D eigenvalue weighted by atomic mass is 35.5. The van der Waals surface area contributed by atoms with E-state index < -0.39 is 10.8 Å². The largest absolute Gasteiger partial charge is 0.436 e. The Morgan fingerprint density at radius 1 is 1.11 bits per heavy atom. The Morgan fingerprint density at radius 3 is 2.61 bits per heavy atom. The van der Waals surface area contributed by atoms with Crippen LogP contribution >= 0.6 is 11.6 Å². The molecule has 1 aliphatic heterocycles. The van der Waals surface area contributed by atoms with E-state index in [-0.39, 0.29) is 11.3 Å². The molecule has 0 atom stereocenters. The molecule has 1 N–H and O–H groups in total. The average Bonchev–Trinajstić information content (AvgIpc) is 3.54. The van der Waals surface area contributed by atoms with Gasteiger partial charge in [-0.15, -0.1) is 0 Å². The minimum Gasteiger partial charge on any atom is -0.436 e. The Kier molecular flexibility index (Phi) is 6.36. The second-order valence-corrected chi connectivity index (χ2v) is 9.61. The Morgan fingerprint density at radius 2 is 1.89 bits per heavy atom. The third-order valence-corrected chi connectivity index (χ3v) is 6.75. The molecule has 0 unspecified atom stereocenters. The first-order valence-electron chi connectivity index (χ1n) is 11.9. The number of aromatic nitrogens is 1. The van der Waals surface area contributed by atoms with Crippen molar-refractivity contribution >= 4 is 45.7 Å². The summed E-state index contributed by atoms with van der Waals surface area (Å²) in [6.45, 7) is 5.77. The zero-order valence-electron chi connectivity index (χ0n) is 20.0. The molecule has 36 heavy (non-hydrogen) atoms. The van der Waals surface area contributed by atoms with Gasteiger partial charge in [0.05, 0.1) is 15.6 Å². The van der Waals surface area contributed by atoms with E-state index in [0.29, 0.717) is 39.4 Å². The minimum absolute atomic E-state index is 0.0864. The fraction of sp³-hybridized carbons (Fsp3) is 0.259. The van der Waals surface area contributed by atoms with Crippen molar-refractivity contribution in [2.24, 2.45) is 0 Å². The van der Waals surface area contributed by atoms with Gasteiger partial charge in [-0.05, 0) is 66.8 Å². The van der Waals surface area contributed by atoms with Crippen LogP contribution in [-0.4, -0.2) is 28.9 Å². The lowest BCUT2D eigenvalue weighted by Crippen LogP contribution is -2.20. The number of nitro benzene ring substituents is 1. The van der Waals surface area contributed by atoms with Crippen molar-refractivity contribution in [2.75, 3.05) is 23.3 Å². The van der Waals surface area contributed by atoms with E-state index in [2.05, 4.69) is 24.1 Å². The van der Waals surface area contributed by atoms with Gasteiger partial charge in [0.2, 0.25) is 5.89 Å². The van der Waals surface area contributed by atoms with Gasteiger partial charge < -0.3 is 14.6 Å².